The minimum atomic E-state index is 0.515. The Bertz CT molecular complexity index is 604. The average Bonchev–Trinajstić information content (AvgIpc) is 2.89. The van der Waals surface area contributed by atoms with Crippen LogP contribution in [0.5, 0.6) is 11.5 Å². The first-order valence-corrected chi connectivity index (χ1v) is 7.25. The van der Waals surface area contributed by atoms with Crippen LogP contribution in [0.15, 0.2) is 36.4 Å². The Morgan fingerprint density at radius 1 is 1.05 bits per heavy atom. The van der Waals surface area contributed by atoms with E-state index in [1.807, 2.05) is 12.1 Å². The second kappa shape index (κ2) is 5.26. The molecule has 0 fully saturated rings. The van der Waals surface area contributed by atoms with Gasteiger partial charge in [-0.05, 0) is 66.6 Å². The monoisotopic (exact) mass is 272 g/mol. The maximum absolute atomic E-state index is 6.02. The molecular formula is C17H17ClO. The summed E-state index contributed by atoms with van der Waals surface area (Å²) in [5.41, 5.74) is 5.13. The number of aryl methyl sites for hydroxylation is 3. The van der Waals surface area contributed by atoms with Crippen LogP contribution in [0.4, 0.5) is 0 Å². The number of halogens is 1. The molecule has 0 unspecified atom stereocenters. The van der Waals surface area contributed by atoms with Crippen molar-refractivity contribution in [2.75, 3.05) is 0 Å². The van der Waals surface area contributed by atoms with E-state index in [9.17, 15) is 0 Å². The molecule has 0 aliphatic heterocycles. The van der Waals surface area contributed by atoms with E-state index in [4.69, 9.17) is 16.3 Å². The summed E-state index contributed by atoms with van der Waals surface area (Å²) in [6.45, 7) is 2.06. The van der Waals surface area contributed by atoms with Crippen molar-refractivity contribution in [2.45, 2.75) is 32.1 Å². The number of hydrogen-bond acceptors (Lipinski definition) is 1. The van der Waals surface area contributed by atoms with Gasteiger partial charge in [-0.25, -0.2) is 0 Å². The maximum Gasteiger partial charge on any atom is 0.130 e. The van der Waals surface area contributed by atoms with Crippen LogP contribution in [0.2, 0.25) is 0 Å². The molecule has 0 spiro atoms. The Morgan fingerprint density at radius 2 is 1.89 bits per heavy atom. The number of ether oxygens (including phenoxy) is 1. The molecule has 2 heteroatoms. The largest absolute Gasteiger partial charge is 0.457 e. The van der Waals surface area contributed by atoms with Gasteiger partial charge in [-0.2, -0.15) is 0 Å². The number of rotatable bonds is 3. The number of fused-ring (bicyclic) bond motifs is 1. The predicted octanol–water partition coefficient (Wildman–Crippen LogP) is 5.01. The van der Waals surface area contributed by atoms with Gasteiger partial charge in [-0.1, -0.05) is 18.2 Å². The third-order valence-electron chi connectivity index (χ3n) is 3.70. The molecule has 3 rings (SSSR count). The molecule has 0 heterocycles. The topological polar surface area (TPSA) is 9.23 Å². The second-order valence-electron chi connectivity index (χ2n) is 5.12. The smallest absolute Gasteiger partial charge is 0.130 e. The van der Waals surface area contributed by atoms with Crippen molar-refractivity contribution in [3.05, 3.63) is 58.7 Å². The summed E-state index contributed by atoms with van der Waals surface area (Å²) >= 11 is 5.88. The highest BCUT2D eigenvalue weighted by molar-refractivity contribution is 6.17. The Balaban J connectivity index is 1.88. The number of benzene rings is 2. The molecule has 0 bridgehead atoms. The minimum absolute atomic E-state index is 0.515. The summed E-state index contributed by atoms with van der Waals surface area (Å²) in [6.07, 6.45) is 3.64. The van der Waals surface area contributed by atoms with E-state index in [0.29, 0.717) is 5.88 Å². The van der Waals surface area contributed by atoms with Gasteiger partial charge in [0.2, 0.25) is 0 Å². The summed E-state index contributed by atoms with van der Waals surface area (Å²) in [4.78, 5) is 0. The molecule has 2 aromatic rings. The molecule has 98 valence electrons. The first kappa shape index (κ1) is 12.6. The van der Waals surface area contributed by atoms with Gasteiger partial charge < -0.3 is 4.74 Å². The van der Waals surface area contributed by atoms with E-state index in [0.717, 1.165) is 22.6 Å². The van der Waals surface area contributed by atoms with E-state index in [1.54, 1.807) is 0 Å². The molecule has 1 nitrogen and oxygen atoms in total. The molecule has 0 atom stereocenters. The van der Waals surface area contributed by atoms with Gasteiger partial charge in [0.25, 0.3) is 0 Å². The third-order valence-corrected chi connectivity index (χ3v) is 4.01. The van der Waals surface area contributed by atoms with Gasteiger partial charge in [0.05, 0.1) is 0 Å². The van der Waals surface area contributed by atoms with E-state index < -0.39 is 0 Å². The van der Waals surface area contributed by atoms with Crippen molar-refractivity contribution in [3.8, 4) is 11.5 Å². The van der Waals surface area contributed by atoms with Crippen LogP contribution in [0, 0.1) is 6.92 Å². The van der Waals surface area contributed by atoms with Gasteiger partial charge >= 0.3 is 0 Å². The molecular weight excluding hydrogens is 256 g/mol. The highest BCUT2D eigenvalue weighted by Gasteiger charge is 2.12. The zero-order chi connectivity index (χ0) is 13.2. The number of hydrogen-bond donors (Lipinski definition) is 0. The Hall–Kier alpha value is -1.47. The van der Waals surface area contributed by atoms with Crippen LogP contribution in [0.25, 0.3) is 0 Å². The molecule has 1 aliphatic carbocycles. The molecule has 0 amide bonds. The summed E-state index contributed by atoms with van der Waals surface area (Å²) in [7, 11) is 0. The first-order chi connectivity index (χ1) is 9.26. The highest BCUT2D eigenvalue weighted by atomic mass is 35.5. The van der Waals surface area contributed by atoms with Crippen molar-refractivity contribution < 1.29 is 4.74 Å². The first-order valence-electron chi connectivity index (χ1n) is 6.71. The summed E-state index contributed by atoms with van der Waals surface area (Å²) < 4.78 is 6.02. The second-order valence-corrected chi connectivity index (χ2v) is 5.39. The third kappa shape index (κ3) is 2.62. The van der Waals surface area contributed by atoms with Gasteiger partial charge in [-0.3, -0.25) is 0 Å². The van der Waals surface area contributed by atoms with Gasteiger partial charge in [0, 0.05) is 5.88 Å². The lowest BCUT2D eigenvalue weighted by Gasteiger charge is -2.11. The molecule has 0 radical (unpaired) electrons. The van der Waals surface area contributed by atoms with Crippen molar-refractivity contribution in [2.24, 2.45) is 0 Å². The van der Waals surface area contributed by atoms with Crippen LogP contribution < -0.4 is 4.74 Å². The minimum Gasteiger partial charge on any atom is -0.457 e. The lowest BCUT2D eigenvalue weighted by atomic mass is 10.1. The molecule has 19 heavy (non-hydrogen) atoms. The van der Waals surface area contributed by atoms with Crippen molar-refractivity contribution in [3.63, 3.8) is 0 Å². The maximum atomic E-state index is 6.02. The molecule has 0 N–H and O–H groups in total. The Labute approximate surface area is 119 Å². The standard InChI is InChI=1S/C17H17ClO/c1-12-5-6-13(11-18)9-17(12)19-16-8-7-14-3-2-4-15(14)10-16/h5-10H,2-4,11H2,1H3. The zero-order valence-corrected chi connectivity index (χ0v) is 11.8. The van der Waals surface area contributed by atoms with Crippen LogP contribution >= 0.6 is 11.6 Å². The predicted molar refractivity (Wildman–Crippen MR) is 79.3 cm³/mol. The van der Waals surface area contributed by atoms with E-state index in [1.165, 1.54) is 30.4 Å². The van der Waals surface area contributed by atoms with Gasteiger partial charge in [0.1, 0.15) is 11.5 Å². The quantitative estimate of drug-likeness (QED) is 0.713. The molecule has 2 aromatic carbocycles. The molecule has 0 saturated carbocycles. The Morgan fingerprint density at radius 3 is 2.74 bits per heavy atom. The lowest BCUT2D eigenvalue weighted by Crippen LogP contribution is -1.91. The van der Waals surface area contributed by atoms with Gasteiger partial charge in [0.15, 0.2) is 0 Å². The summed E-state index contributed by atoms with van der Waals surface area (Å²) in [5.74, 6) is 2.34. The fourth-order valence-corrected chi connectivity index (χ4v) is 2.74. The normalized spacial score (nSPS) is 13.4. The average molecular weight is 273 g/mol. The zero-order valence-electron chi connectivity index (χ0n) is 11.1. The SMILES string of the molecule is Cc1ccc(CCl)cc1Oc1ccc2c(c1)CCC2. The number of alkyl halides is 1. The van der Waals surface area contributed by atoms with Gasteiger partial charge in [-0.15, -0.1) is 11.6 Å². The van der Waals surface area contributed by atoms with Crippen molar-refractivity contribution >= 4 is 11.6 Å². The highest BCUT2D eigenvalue weighted by Crippen LogP contribution is 2.31. The molecule has 0 aromatic heterocycles. The van der Waals surface area contributed by atoms with Crippen LogP contribution in [0.1, 0.15) is 28.7 Å². The van der Waals surface area contributed by atoms with Crippen LogP contribution in [-0.2, 0) is 18.7 Å². The summed E-state index contributed by atoms with van der Waals surface area (Å²) in [6, 6.07) is 12.6. The van der Waals surface area contributed by atoms with Crippen molar-refractivity contribution in [1.82, 2.24) is 0 Å². The van der Waals surface area contributed by atoms with E-state index in [2.05, 4.69) is 31.2 Å². The molecule has 0 saturated heterocycles. The fourth-order valence-electron chi connectivity index (χ4n) is 2.58. The Kier molecular flexibility index (Phi) is 3.48. The van der Waals surface area contributed by atoms with Crippen molar-refractivity contribution in [1.29, 1.82) is 0 Å². The summed E-state index contributed by atoms with van der Waals surface area (Å²) in [5, 5.41) is 0. The van der Waals surface area contributed by atoms with Crippen LogP contribution in [-0.4, -0.2) is 0 Å². The van der Waals surface area contributed by atoms with E-state index in [-0.39, 0.29) is 0 Å². The van der Waals surface area contributed by atoms with Crippen LogP contribution in [0.3, 0.4) is 0 Å². The lowest BCUT2D eigenvalue weighted by molar-refractivity contribution is 0.478. The van der Waals surface area contributed by atoms with E-state index >= 15 is 0 Å². The fraction of sp³-hybridized carbons (Fsp3) is 0.294. The molecule has 1 aliphatic rings.